The van der Waals surface area contributed by atoms with E-state index in [1.165, 1.54) is 0 Å². The Morgan fingerprint density at radius 3 is 3.00 bits per heavy atom. The second-order valence-corrected chi connectivity index (χ2v) is 3.95. The molecule has 0 saturated carbocycles. The summed E-state index contributed by atoms with van der Waals surface area (Å²) in [5.74, 6) is 1.42. The molecule has 7 nitrogen and oxygen atoms in total. The summed E-state index contributed by atoms with van der Waals surface area (Å²) in [5, 5.41) is 22.7. The number of fused-ring (bicyclic) bond motifs is 1. The number of aliphatic hydroxyl groups excluding tert-OH is 1. The number of hydrogen-bond acceptors (Lipinski definition) is 6. The van der Waals surface area contributed by atoms with Gasteiger partial charge < -0.3 is 15.7 Å². The second kappa shape index (κ2) is 4.96. The molecule has 7 heteroatoms. The summed E-state index contributed by atoms with van der Waals surface area (Å²) in [7, 11) is 1.76. The number of aromatic amines is 1. The molecule has 0 radical (unpaired) electrons. The Morgan fingerprint density at radius 2 is 2.29 bits per heavy atom. The fourth-order valence-electron chi connectivity index (χ4n) is 1.42. The van der Waals surface area contributed by atoms with Gasteiger partial charge in [0.1, 0.15) is 5.82 Å². The van der Waals surface area contributed by atoms with E-state index in [4.69, 9.17) is 5.11 Å². The Bertz CT molecular complexity index is 497. The van der Waals surface area contributed by atoms with E-state index >= 15 is 0 Å². The van der Waals surface area contributed by atoms with Crippen molar-refractivity contribution in [3.8, 4) is 0 Å². The van der Waals surface area contributed by atoms with Crippen LogP contribution in [0, 0.1) is 5.92 Å². The van der Waals surface area contributed by atoms with Gasteiger partial charge >= 0.3 is 0 Å². The first-order chi connectivity index (χ1) is 8.24. The maximum Gasteiger partial charge on any atom is 0.226 e. The number of hydrogen-bond donors (Lipinski definition) is 4. The molecule has 0 aliphatic heterocycles. The lowest BCUT2D eigenvalue weighted by molar-refractivity contribution is 0.244. The molecule has 0 spiro atoms. The highest BCUT2D eigenvalue weighted by atomic mass is 16.3. The molecular weight excluding hydrogens is 220 g/mol. The van der Waals surface area contributed by atoms with E-state index in [0.29, 0.717) is 24.0 Å². The number of nitrogens with one attached hydrogen (secondary N) is 3. The predicted molar refractivity (Wildman–Crippen MR) is 66.0 cm³/mol. The first kappa shape index (κ1) is 11.6. The van der Waals surface area contributed by atoms with Crippen LogP contribution >= 0.6 is 0 Å². The van der Waals surface area contributed by atoms with Crippen LogP contribution in [0.1, 0.15) is 6.92 Å². The number of anilines is 2. The van der Waals surface area contributed by atoms with Crippen LogP contribution in [0.4, 0.5) is 11.8 Å². The number of nitrogens with zero attached hydrogens (tertiary/aromatic N) is 3. The van der Waals surface area contributed by atoms with Gasteiger partial charge in [-0.1, -0.05) is 6.92 Å². The van der Waals surface area contributed by atoms with Crippen molar-refractivity contribution in [2.75, 3.05) is 30.8 Å². The molecule has 2 heterocycles. The van der Waals surface area contributed by atoms with Gasteiger partial charge in [0.25, 0.3) is 0 Å². The molecule has 0 aliphatic carbocycles. The second-order valence-electron chi connectivity index (χ2n) is 3.95. The van der Waals surface area contributed by atoms with Crippen molar-refractivity contribution in [2.24, 2.45) is 5.92 Å². The summed E-state index contributed by atoms with van der Waals surface area (Å²) < 4.78 is 0. The van der Waals surface area contributed by atoms with Crippen molar-refractivity contribution >= 4 is 22.8 Å². The zero-order valence-electron chi connectivity index (χ0n) is 9.86. The minimum absolute atomic E-state index is 0.144. The van der Waals surface area contributed by atoms with E-state index in [1.807, 2.05) is 6.92 Å². The van der Waals surface area contributed by atoms with E-state index < -0.39 is 0 Å². The Hall–Kier alpha value is -1.89. The number of rotatable bonds is 5. The Morgan fingerprint density at radius 1 is 1.47 bits per heavy atom. The summed E-state index contributed by atoms with van der Waals surface area (Å²) >= 11 is 0. The first-order valence-corrected chi connectivity index (χ1v) is 5.48. The molecule has 1 unspecified atom stereocenters. The maximum absolute atomic E-state index is 8.98. The van der Waals surface area contributed by atoms with E-state index in [9.17, 15) is 0 Å². The van der Waals surface area contributed by atoms with Gasteiger partial charge in [0, 0.05) is 20.2 Å². The lowest BCUT2D eigenvalue weighted by Gasteiger charge is -2.11. The topological polar surface area (TPSA) is 98.8 Å². The number of aromatic nitrogens is 4. The highest BCUT2D eigenvalue weighted by Crippen LogP contribution is 2.19. The monoisotopic (exact) mass is 236 g/mol. The summed E-state index contributed by atoms with van der Waals surface area (Å²) in [6, 6.07) is 0. The fraction of sp³-hybridized carbons (Fsp3) is 0.500. The molecule has 17 heavy (non-hydrogen) atoms. The Labute approximate surface area is 98.7 Å². The zero-order chi connectivity index (χ0) is 12.3. The van der Waals surface area contributed by atoms with E-state index in [2.05, 4.69) is 30.8 Å². The van der Waals surface area contributed by atoms with Gasteiger partial charge in [-0.25, -0.2) is 0 Å². The van der Waals surface area contributed by atoms with Gasteiger partial charge in [-0.05, 0) is 5.92 Å². The van der Waals surface area contributed by atoms with Crippen LogP contribution in [0.25, 0.3) is 11.0 Å². The van der Waals surface area contributed by atoms with Crippen molar-refractivity contribution in [3.05, 3.63) is 6.20 Å². The van der Waals surface area contributed by atoms with Crippen LogP contribution in [-0.2, 0) is 0 Å². The lowest BCUT2D eigenvalue weighted by Crippen LogP contribution is -2.15. The molecule has 1 atom stereocenters. The van der Waals surface area contributed by atoms with Gasteiger partial charge in [-0.3, -0.25) is 5.10 Å². The largest absolute Gasteiger partial charge is 0.396 e. The van der Waals surface area contributed by atoms with Crippen LogP contribution in [0.3, 0.4) is 0 Å². The van der Waals surface area contributed by atoms with Gasteiger partial charge in [0.15, 0.2) is 5.65 Å². The summed E-state index contributed by atoms with van der Waals surface area (Å²) in [4.78, 5) is 8.55. The third-order valence-electron chi connectivity index (χ3n) is 2.46. The van der Waals surface area contributed by atoms with Crippen LogP contribution < -0.4 is 10.6 Å². The standard InChI is InChI=1S/C10H16N6O/c1-6(5-17)3-12-8-7-4-13-16-9(7)15-10(11-2)14-8/h4,6,17H,3,5H2,1-2H3,(H3,11,12,13,14,15,16). The summed E-state index contributed by atoms with van der Waals surface area (Å²) in [6.45, 7) is 2.75. The number of H-pyrrole nitrogens is 1. The van der Waals surface area contributed by atoms with Gasteiger partial charge in [0.2, 0.25) is 5.95 Å². The molecule has 0 bridgehead atoms. The highest BCUT2D eigenvalue weighted by molar-refractivity contribution is 5.86. The van der Waals surface area contributed by atoms with Crippen molar-refractivity contribution < 1.29 is 5.11 Å². The van der Waals surface area contributed by atoms with E-state index in [1.54, 1.807) is 13.2 Å². The average Bonchev–Trinajstić information content (AvgIpc) is 2.83. The summed E-state index contributed by atoms with van der Waals surface area (Å²) in [6.07, 6.45) is 1.68. The molecule has 0 aromatic carbocycles. The third kappa shape index (κ3) is 2.44. The van der Waals surface area contributed by atoms with Gasteiger partial charge in [-0.2, -0.15) is 15.1 Å². The minimum atomic E-state index is 0.144. The van der Waals surface area contributed by atoms with Crippen LogP contribution in [-0.4, -0.2) is 45.5 Å². The third-order valence-corrected chi connectivity index (χ3v) is 2.46. The molecule has 92 valence electrons. The molecule has 0 aliphatic rings. The van der Waals surface area contributed by atoms with Gasteiger partial charge in [0.05, 0.1) is 11.6 Å². The Balaban J connectivity index is 2.27. The lowest BCUT2D eigenvalue weighted by atomic mass is 10.2. The summed E-state index contributed by atoms with van der Waals surface area (Å²) in [5.41, 5.74) is 0.684. The molecule has 2 aromatic rings. The SMILES string of the molecule is CNc1nc(NCC(C)CO)c2cn[nH]c2n1. The zero-order valence-corrected chi connectivity index (χ0v) is 9.86. The fourth-order valence-corrected chi connectivity index (χ4v) is 1.42. The molecule has 0 fully saturated rings. The quantitative estimate of drug-likeness (QED) is 0.601. The smallest absolute Gasteiger partial charge is 0.226 e. The van der Waals surface area contributed by atoms with Crippen LogP contribution in [0.5, 0.6) is 0 Å². The molecule has 4 N–H and O–H groups in total. The average molecular weight is 236 g/mol. The van der Waals surface area contributed by atoms with Crippen LogP contribution in [0.2, 0.25) is 0 Å². The molecule has 0 amide bonds. The Kier molecular flexibility index (Phi) is 3.38. The highest BCUT2D eigenvalue weighted by Gasteiger charge is 2.09. The molecule has 2 aromatic heterocycles. The van der Waals surface area contributed by atoms with Crippen molar-refractivity contribution in [1.82, 2.24) is 20.2 Å². The molecular formula is C10H16N6O. The van der Waals surface area contributed by atoms with Crippen LogP contribution in [0.15, 0.2) is 6.20 Å². The van der Waals surface area contributed by atoms with Gasteiger partial charge in [-0.15, -0.1) is 0 Å². The number of aliphatic hydroxyl groups is 1. The van der Waals surface area contributed by atoms with Crippen molar-refractivity contribution in [2.45, 2.75) is 6.92 Å². The maximum atomic E-state index is 8.98. The molecule has 2 rings (SSSR count). The minimum Gasteiger partial charge on any atom is -0.396 e. The van der Waals surface area contributed by atoms with E-state index in [-0.39, 0.29) is 12.5 Å². The normalized spacial score (nSPS) is 12.6. The first-order valence-electron chi connectivity index (χ1n) is 5.48. The van der Waals surface area contributed by atoms with Crippen molar-refractivity contribution in [3.63, 3.8) is 0 Å². The molecule has 0 saturated heterocycles. The predicted octanol–water partition coefficient (Wildman–Crippen LogP) is 0.435. The van der Waals surface area contributed by atoms with E-state index in [0.717, 1.165) is 5.39 Å². The van der Waals surface area contributed by atoms with Crippen molar-refractivity contribution in [1.29, 1.82) is 0 Å².